The Hall–Kier alpha value is -1.14. The number of hydrogen-bond acceptors (Lipinski definition) is 4. The Morgan fingerprint density at radius 3 is 1.43 bits per heavy atom. The Morgan fingerprint density at radius 2 is 1.07 bits per heavy atom. The van der Waals surface area contributed by atoms with Crippen molar-refractivity contribution in [2.45, 2.75) is 201 Å². The van der Waals surface area contributed by atoms with Crippen LogP contribution in [0.4, 0.5) is 0 Å². The van der Waals surface area contributed by atoms with Crippen molar-refractivity contribution in [1.29, 1.82) is 0 Å². The summed E-state index contributed by atoms with van der Waals surface area (Å²) in [6, 6.07) is 0. The second-order valence-electron chi connectivity index (χ2n) is 16.1. The topological polar surface area (TPSA) is 81.1 Å². The predicted molar refractivity (Wildman–Crippen MR) is 184 cm³/mol. The Kier molecular flexibility index (Phi) is 14.3. The Labute approximate surface area is 272 Å². The number of piperidine rings is 2. The third-order valence-corrected chi connectivity index (χ3v) is 14.0. The third kappa shape index (κ3) is 8.41. The standard InChI is InChI=1S/C38H72N2O4/c1-11-34(7)24-21-30(5)36(9,13-3)39(34)28-26-38(33(43)44,23-19-17-15-16-18-20-32(41)42)27-29-40-35(8,12-2)25-22-31(6)37(40,10)14-4/h30-31H,11-29H2,1-10H3,(H,41,42)(H,43,44). The van der Waals surface area contributed by atoms with Crippen molar-refractivity contribution in [3.8, 4) is 0 Å². The molecule has 0 bridgehead atoms. The first-order valence-electron chi connectivity index (χ1n) is 18.5. The molecule has 2 heterocycles. The van der Waals surface area contributed by atoms with Gasteiger partial charge < -0.3 is 10.2 Å². The summed E-state index contributed by atoms with van der Waals surface area (Å²) in [4.78, 5) is 30.0. The molecule has 6 nitrogen and oxygen atoms in total. The number of carboxylic acids is 2. The minimum Gasteiger partial charge on any atom is -0.481 e. The predicted octanol–water partition coefficient (Wildman–Crippen LogP) is 9.79. The zero-order chi connectivity index (χ0) is 33.4. The van der Waals surface area contributed by atoms with Gasteiger partial charge in [0.05, 0.1) is 5.41 Å². The number of likely N-dealkylation sites (tertiary alicyclic amines) is 2. The van der Waals surface area contributed by atoms with Crippen LogP contribution in [0.15, 0.2) is 0 Å². The number of unbranched alkanes of at least 4 members (excludes halogenated alkanes) is 4. The van der Waals surface area contributed by atoms with Crippen LogP contribution in [0.3, 0.4) is 0 Å². The van der Waals surface area contributed by atoms with E-state index in [2.05, 4.69) is 79.0 Å². The van der Waals surface area contributed by atoms with E-state index in [0.717, 1.165) is 64.5 Å². The van der Waals surface area contributed by atoms with E-state index < -0.39 is 17.4 Å². The fourth-order valence-electron chi connectivity index (χ4n) is 9.19. The highest BCUT2D eigenvalue weighted by atomic mass is 16.4. The number of carboxylic acid groups (broad SMARTS) is 2. The number of hydrogen-bond donors (Lipinski definition) is 2. The Bertz CT molecular complexity index is 875. The van der Waals surface area contributed by atoms with Crippen LogP contribution in [0.2, 0.25) is 0 Å². The first-order chi connectivity index (χ1) is 20.5. The summed E-state index contributed by atoms with van der Waals surface area (Å²) < 4.78 is 0. The molecule has 0 aromatic rings. The minimum absolute atomic E-state index is 0.0707. The highest BCUT2D eigenvalue weighted by Gasteiger charge is 2.52. The highest BCUT2D eigenvalue weighted by Crippen LogP contribution is 2.49. The molecule has 2 aliphatic rings. The van der Waals surface area contributed by atoms with Gasteiger partial charge in [0.1, 0.15) is 0 Å². The van der Waals surface area contributed by atoms with Crippen molar-refractivity contribution in [2.75, 3.05) is 13.1 Å². The molecular formula is C38H72N2O4. The summed E-state index contributed by atoms with van der Waals surface area (Å²) in [6.45, 7) is 25.4. The van der Waals surface area contributed by atoms with Gasteiger partial charge >= 0.3 is 11.9 Å². The first kappa shape index (κ1) is 39.0. The average Bonchev–Trinajstić information content (AvgIpc) is 2.99. The van der Waals surface area contributed by atoms with Gasteiger partial charge in [-0.15, -0.1) is 0 Å². The number of rotatable bonds is 19. The molecule has 0 saturated carbocycles. The molecule has 2 saturated heterocycles. The van der Waals surface area contributed by atoms with Gasteiger partial charge in [-0.1, -0.05) is 67.2 Å². The molecule has 0 aromatic carbocycles. The Morgan fingerprint density at radius 1 is 0.659 bits per heavy atom. The van der Waals surface area contributed by atoms with Crippen LogP contribution in [0.5, 0.6) is 0 Å². The molecule has 0 radical (unpaired) electrons. The molecule has 6 atom stereocenters. The SMILES string of the molecule is CCC1(C)CCC(C)C(C)(CC)N1CCC(CCCCCCCC(=O)O)(CCN1C(C)(CC)CCC(C)C1(C)CC)C(=O)O. The van der Waals surface area contributed by atoms with Gasteiger partial charge in [0.15, 0.2) is 0 Å². The summed E-state index contributed by atoms with van der Waals surface area (Å²) in [5, 5.41) is 20.1. The minimum atomic E-state index is -0.769. The van der Waals surface area contributed by atoms with Crippen LogP contribution in [-0.2, 0) is 9.59 Å². The zero-order valence-corrected chi connectivity index (χ0v) is 30.7. The maximum Gasteiger partial charge on any atom is 0.309 e. The smallest absolute Gasteiger partial charge is 0.309 e. The van der Waals surface area contributed by atoms with Crippen LogP contribution in [0, 0.1) is 17.3 Å². The molecule has 258 valence electrons. The van der Waals surface area contributed by atoms with Crippen LogP contribution >= 0.6 is 0 Å². The summed E-state index contributed by atoms with van der Waals surface area (Å²) in [5.74, 6) is -0.179. The highest BCUT2D eigenvalue weighted by molar-refractivity contribution is 5.74. The summed E-state index contributed by atoms with van der Waals surface area (Å²) >= 11 is 0. The number of carbonyl (C=O) groups is 2. The lowest BCUT2D eigenvalue weighted by molar-refractivity contribution is -0.155. The maximum atomic E-state index is 13.6. The van der Waals surface area contributed by atoms with E-state index in [0.29, 0.717) is 37.5 Å². The monoisotopic (exact) mass is 621 g/mol. The normalized spacial score (nSPS) is 35.0. The van der Waals surface area contributed by atoms with Crippen LogP contribution < -0.4 is 0 Å². The second kappa shape index (κ2) is 16.1. The van der Waals surface area contributed by atoms with Crippen molar-refractivity contribution in [2.24, 2.45) is 17.3 Å². The van der Waals surface area contributed by atoms with Gasteiger partial charge in [0, 0.05) is 41.7 Å². The van der Waals surface area contributed by atoms with Gasteiger partial charge in [0.25, 0.3) is 0 Å². The first-order valence-corrected chi connectivity index (χ1v) is 18.5. The lowest BCUT2D eigenvalue weighted by Crippen LogP contribution is -2.65. The molecule has 6 unspecified atom stereocenters. The van der Waals surface area contributed by atoms with Crippen molar-refractivity contribution < 1.29 is 19.8 Å². The lowest BCUT2D eigenvalue weighted by atomic mass is 9.67. The summed E-state index contributed by atoms with van der Waals surface area (Å²) in [5.41, 5.74) is -0.442. The molecule has 2 aliphatic heterocycles. The molecule has 44 heavy (non-hydrogen) atoms. The van der Waals surface area contributed by atoms with E-state index in [1.807, 2.05) is 0 Å². The van der Waals surface area contributed by atoms with E-state index in [1.165, 1.54) is 25.7 Å². The van der Waals surface area contributed by atoms with E-state index in [9.17, 15) is 14.7 Å². The van der Waals surface area contributed by atoms with E-state index >= 15 is 0 Å². The third-order valence-electron chi connectivity index (χ3n) is 14.0. The second-order valence-corrected chi connectivity index (χ2v) is 16.1. The number of aliphatic carboxylic acids is 2. The molecule has 6 heteroatoms. The van der Waals surface area contributed by atoms with Crippen LogP contribution in [-0.4, -0.2) is 67.2 Å². The van der Waals surface area contributed by atoms with Crippen molar-refractivity contribution in [3.63, 3.8) is 0 Å². The van der Waals surface area contributed by atoms with Gasteiger partial charge in [0.2, 0.25) is 0 Å². The molecule has 2 N–H and O–H groups in total. The maximum absolute atomic E-state index is 13.6. The largest absolute Gasteiger partial charge is 0.481 e. The fraction of sp³-hybridized carbons (Fsp3) is 0.947. The molecule has 2 fully saturated rings. The molecule has 0 aromatic heterocycles. The number of nitrogens with zero attached hydrogens (tertiary/aromatic N) is 2. The van der Waals surface area contributed by atoms with Crippen molar-refractivity contribution in [1.82, 2.24) is 9.80 Å². The fourth-order valence-corrected chi connectivity index (χ4v) is 9.19. The molecule has 0 amide bonds. The van der Waals surface area contributed by atoms with Crippen molar-refractivity contribution >= 4 is 11.9 Å². The molecule has 2 rings (SSSR count). The molecular weight excluding hydrogens is 548 g/mol. The Balaban J connectivity index is 2.39. The quantitative estimate of drug-likeness (QED) is 0.140. The van der Waals surface area contributed by atoms with Crippen LogP contribution in [0.1, 0.15) is 178 Å². The van der Waals surface area contributed by atoms with E-state index in [4.69, 9.17) is 5.11 Å². The van der Waals surface area contributed by atoms with Gasteiger partial charge in [-0.05, 0) is 117 Å². The van der Waals surface area contributed by atoms with Gasteiger partial charge in [-0.25, -0.2) is 0 Å². The van der Waals surface area contributed by atoms with E-state index in [1.54, 1.807) is 0 Å². The zero-order valence-electron chi connectivity index (χ0n) is 30.7. The van der Waals surface area contributed by atoms with Crippen LogP contribution in [0.25, 0.3) is 0 Å². The molecule has 0 spiro atoms. The average molecular weight is 621 g/mol. The molecule has 0 aliphatic carbocycles. The summed E-state index contributed by atoms with van der Waals surface area (Å²) in [7, 11) is 0. The van der Waals surface area contributed by atoms with Crippen molar-refractivity contribution in [3.05, 3.63) is 0 Å². The van der Waals surface area contributed by atoms with Gasteiger partial charge in [-0.2, -0.15) is 0 Å². The lowest BCUT2D eigenvalue weighted by Gasteiger charge is -2.60. The summed E-state index contributed by atoms with van der Waals surface area (Å²) in [6.07, 6.45) is 15.9. The van der Waals surface area contributed by atoms with E-state index in [-0.39, 0.29) is 28.6 Å². The van der Waals surface area contributed by atoms with Gasteiger partial charge in [-0.3, -0.25) is 19.4 Å².